The molecule has 4 nitrogen and oxygen atoms in total. The third-order valence-electron chi connectivity index (χ3n) is 3.90. The minimum Gasteiger partial charge on any atom is -0.343 e. The molecular weight excluding hydrogens is 298 g/mol. The van der Waals surface area contributed by atoms with Gasteiger partial charge in [-0.15, -0.1) is 6.58 Å². The van der Waals surface area contributed by atoms with E-state index in [1.165, 1.54) is 0 Å². The quantitative estimate of drug-likeness (QED) is 0.433. The average Bonchev–Trinajstić information content (AvgIpc) is 2.94. The molecule has 0 saturated heterocycles. The third-order valence-corrected chi connectivity index (χ3v) is 3.90. The normalized spacial score (nSPS) is 11.0. The van der Waals surface area contributed by atoms with E-state index in [9.17, 15) is 4.79 Å². The standard InChI is InChI=1S/C20H19N3O/c1-3-12-23-14-16(18-10-6-7-11-19(18)23)13-21-22-20(24)17-9-5-4-8-15(17)2/h3-11,13-14H,1,12H2,2H3,(H,22,24)/b21-13-. The summed E-state index contributed by atoms with van der Waals surface area (Å²) in [5.41, 5.74) is 6.22. The highest BCUT2D eigenvalue weighted by molar-refractivity contribution is 6.00. The van der Waals surface area contributed by atoms with Crippen LogP contribution < -0.4 is 5.43 Å². The number of fused-ring (bicyclic) bond motifs is 1. The van der Waals surface area contributed by atoms with Crippen LogP contribution in [0.2, 0.25) is 0 Å². The number of nitrogens with one attached hydrogen (secondary N) is 1. The Labute approximate surface area is 141 Å². The molecule has 120 valence electrons. The van der Waals surface area contributed by atoms with Crippen LogP contribution in [0.3, 0.4) is 0 Å². The van der Waals surface area contributed by atoms with Crippen LogP contribution in [0.15, 0.2) is 72.5 Å². The Morgan fingerprint density at radius 1 is 1.21 bits per heavy atom. The summed E-state index contributed by atoms with van der Waals surface area (Å²) in [6.45, 7) is 6.42. The molecule has 24 heavy (non-hydrogen) atoms. The van der Waals surface area contributed by atoms with Gasteiger partial charge < -0.3 is 4.57 Å². The van der Waals surface area contributed by atoms with Crippen molar-refractivity contribution < 1.29 is 4.79 Å². The van der Waals surface area contributed by atoms with Gasteiger partial charge in [0.2, 0.25) is 0 Å². The number of carbonyl (C=O) groups excluding carboxylic acids is 1. The second kappa shape index (κ2) is 6.96. The topological polar surface area (TPSA) is 46.4 Å². The number of para-hydroxylation sites is 1. The molecule has 0 spiro atoms. The van der Waals surface area contributed by atoms with Crippen molar-refractivity contribution in [2.24, 2.45) is 5.10 Å². The molecular formula is C20H19N3O. The zero-order valence-electron chi connectivity index (χ0n) is 13.6. The van der Waals surface area contributed by atoms with Crippen LogP contribution >= 0.6 is 0 Å². The SMILES string of the molecule is C=CCn1cc(/C=N\NC(=O)c2ccccc2C)c2ccccc21. The van der Waals surface area contributed by atoms with E-state index in [1.807, 2.05) is 55.6 Å². The summed E-state index contributed by atoms with van der Waals surface area (Å²) in [6.07, 6.45) is 5.54. The molecule has 1 N–H and O–H groups in total. The maximum Gasteiger partial charge on any atom is 0.271 e. The van der Waals surface area contributed by atoms with Gasteiger partial charge in [0.15, 0.2) is 0 Å². The Kier molecular flexibility index (Phi) is 4.57. The molecule has 1 aromatic heterocycles. The number of allylic oxidation sites excluding steroid dienone is 1. The summed E-state index contributed by atoms with van der Waals surface area (Å²) in [7, 11) is 0. The Bertz CT molecular complexity index is 922. The highest BCUT2D eigenvalue weighted by Gasteiger charge is 2.08. The molecule has 4 heteroatoms. The summed E-state index contributed by atoms with van der Waals surface area (Å²) < 4.78 is 2.10. The van der Waals surface area contributed by atoms with Crippen LogP contribution in [-0.2, 0) is 6.54 Å². The maximum absolute atomic E-state index is 12.2. The lowest BCUT2D eigenvalue weighted by atomic mass is 10.1. The van der Waals surface area contributed by atoms with Gasteiger partial charge in [-0.1, -0.05) is 42.5 Å². The Balaban J connectivity index is 1.82. The highest BCUT2D eigenvalue weighted by atomic mass is 16.2. The monoisotopic (exact) mass is 317 g/mol. The summed E-state index contributed by atoms with van der Waals surface area (Å²) in [5.74, 6) is -0.209. The van der Waals surface area contributed by atoms with Crippen LogP contribution in [0.5, 0.6) is 0 Å². The molecule has 0 atom stereocenters. The minimum absolute atomic E-state index is 0.209. The van der Waals surface area contributed by atoms with E-state index in [4.69, 9.17) is 0 Å². The molecule has 0 bridgehead atoms. The molecule has 3 rings (SSSR count). The number of carbonyl (C=O) groups is 1. The van der Waals surface area contributed by atoms with Gasteiger partial charge in [0, 0.05) is 34.8 Å². The molecule has 0 unspecified atom stereocenters. The van der Waals surface area contributed by atoms with Gasteiger partial charge in [-0.3, -0.25) is 4.79 Å². The second-order valence-electron chi connectivity index (χ2n) is 5.56. The van der Waals surface area contributed by atoms with Crippen LogP contribution in [0, 0.1) is 6.92 Å². The number of aryl methyl sites for hydroxylation is 1. The lowest BCUT2D eigenvalue weighted by molar-refractivity contribution is 0.0954. The minimum atomic E-state index is -0.209. The van der Waals surface area contributed by atoms with Gasteiger partial charge in [-0.05, 0) is 24.6 Å². The first-order valence-corrected chi connectivity index (χ1v) is 7.78. The zero-order valence-corrected chi connectivity index (χ0v) is 13.6. The largest absolute Gasteiger partial charge is 0.343 e. The smallest absolute Gasteiger partial charge is 0.271 e. The number of aromatic nitrogens is 1. The molecule has 1 amide bonds. The number of hydrogen-bond acceptors (Lipinski definition) is 2. The van der Waals surface area contributed by atoms with Crippen molar-refractivity contribution in [2.75, 3.05) is 0 Å². The molecule has 3 aromatic rings. The van der Waals surface area contributed by atoms with Crippen LogP contribution in [0.25, 0.3) is 10.9 Å². The fourth-order valence-electron chi connectivity index (χ4n) is 2.72. The van der Waals surface area contributed by atoms with Gasteiger partial charge >= 0.3 is 0 Å². The average molecular weight is 317 g/mol. The lowest BCUT2D eigenvalue weighted by Gasteiger charge is -2.02. The van der Waals surface area contributed by atoms with Gasteiger partial charge in [0.1, 0.15) is 0 Å². The van der Waals surface area contributed by atoms with Crippen molar-refractivity contribution in [2.45, 2.75) is 13.5 Å². The Morgan fingerprint density at radius 3 is 2.75 bits per heavy atom. The molecule has 2 aromatic carbocycles. The van der Waals surface area contributed by atoms with Crippen molar-refractivity contribution in [3.63, 3.8) is 0 Å². The molecule has 0 radical (unpaired) electrons. The first kappa shape index (κ1) is 15.7. The first-order valence-electron chi connectivity index (χ1n) is 7.78. The number of hydrogen-bond donors (Lipinski definition) is 1. The first-order chi connectivity index (χ1) is 11.7. The fourth-order valence-corrected chi connectivity index (χ4v) is 2.72. The maximum atomic E-state index is 12.2. The van der Waals surface area contributed by atoms with Crippen molar-refractivity contribution >= 4 is 23.0 Å². The van der Waals surface area contributed by atoms with Gasteiger partial charge in [-0.2, -0.15) is 5.10 Å². The van der Waals surface area contributed by atoms with E-state index in [0.717, 1.165) is 28.6 Å². The highest BCUT2D eigenvalue weighted by Crippen LogP contribution is 2.20. The number of amides is 1. The Morgan fingerprint density at radius 2 is 1.96 bits per heavy atom. The lowest BCUT2D eigenvalue weighted by Crippen LogP contribution is -2.18. The predicted octanol–water partition coefficient (Wildman–Crippen LogP) is 3.90. The Hall–Kier alpha value is -3.14. The van der Waals surface area contributed by atoms with Gasteiger partial charge in [0.05, 0.1) is 6.21 Å². The molecule has 0 aliphatic carbocycles. The van der Waals surface area contributed by atoms with Crippen LogP contribution in [0.1, 0.15) is 21.5 Å². The number of hydrazone groups is 1. The van der Waals surface area contributed by atoms with Crippen LogP contribution in [0.4, 0.5) is 0 Å². The van der Waals surface area contributed by atoms with E-state index < -0.39 is 0 Å². The fraction of sp³-hybridized carbons (Fsp3) is 0.100. The summed E-state index contributed by atoms with van der Waals surface area (Å²) in [5, 5.41) is 5.21. The second-order valence-corrected chi connectivity index (χ2v) is 5.56. The van der Waals surface area contributed by atoms with E-state index in [-0.39, 0.29) is 5.91 Å². The van der Waals surface area contributed by atoms with Crippen molar-refractivity contribution in [1.29, 1.82) is 0 Å². The van der Waals surface area contributed by atoms with E-state index in [1.54, 1.807) is 12.3 Å². The van der Waals surface area contributed by atoms with Gasteiger partial charge in [0.25, 0.3) is 5.91 Å². The van der Waals surface area contributed by atoms with Gasteiger partial charge in [-0.25, -0.2) is 5.43 Å². The van der Waals surface area contributed by atoms with Crippen LogP contribution in [-0.4, -0.2) is 16.7 Å². The number of nitrogens with zero attached hydrogens (tertiary/aromatic N) is 2. The van der Waals surface area contributed by atoms with E-state index >= 15 is 0 Å². The van der Waals surface area contributed by atoms with Crippen molar-refractivity contribution in [3.05, 3.63) is 84.1 Å². The van der Waals surface area contributed by atoms with E-state index in [2.05, 4.69) is 27.7 Å². The van der Waals surface area contributed by atoms with Crippen molar-refractivity contribution in [3.8, 4) is 0 Å². The summed E-state index contributed by atoms with van der Waals surface area (Å²) in [4.78, 5) is 12.2. The summed E-state index contributed by atoms with van der Waals surface area (Å²) in [6, 6.07) is 15.5. The molecule has 0 saturated carbocycles. The molecule has 0 fully saturated rings. The molecule has 0 aliphatic heterocycles. The number of benzene rings is 2. The third kappa shape index (κ3) is 3.13. The molecule has 0 aliphatic rings. The summed E-state index contributed by atoms with van der Waals surface area (Å²) >= 11 is 0. The zero-order chi connectivity index (χ0) is 16.9. The molecule has 1 heterocycles. The number of rotatable bonds is 5. The predicted molar refractivity (Wildman–Crippen MR) is 98.4 cm³/mol. The van der Waals surface area contributed by atoms with Crippen molar-refractivity contribution in [1.82, 2.24) is 9.99 Å². The van der Waals surface area contributed by atoms with E-state index in [0.29, 0.717) is 5.56 Å².